The molecule has 1 aromatic heterocycles. The molecule has 0 unspecified atom stereocenters. The van der Waals surface area contributed by atoms with E-state index < -0.39 is 0 Å². The summed E-state index contributed by atoms with van der Waals surface area (Å²) in [5.41, 5.74) is 5.27. The van der Waals surface area contributed by atoms with Crippen molar-refractivity contribution >= 4 is 39.7 Å². The Hall–Kier alpha value is 0.160. The lowest BCUT2D eigenvalue weighted by Crippen LogP contribution is -1.81. The molecule has 1 heterocycles. The summed E-state index contributed by atoms with van der Waals surface area (Å²) in [5.74, 6) is 0.620. The Morgan fingerprint density at radius 3 is 2.71 bits per heavy atom. The molecule has 0 fully saturated rings. The van der Waals surface area contributed by atoms with E-state index in [1.54, 1.807) is 11.3 Å². The molecule has 0 amide bonds. The normalized spacial score (nSPS) is 9.29. The maximum atomic E-state index is 5.27. The van der Waals surface area contributed by atoms with Crippen molar-refractivity contribution in [2.75, 3.05) is 5.73 Å². The molecule has 4 heteroatoms. The van der Waals surface area contributed by atoms with Crippen LogP contribution in [0.15, 0.2) is 5.38 Å². The van der Waals surface area contributed by atoms with Gasteiger partial charge in [0.15, 0.2) is 3.01 Å². The zero-order chi connectivity index (χ0) is 5.28. The molecule has 2 N–H and O–H groups in total. The molecule has 0 radical (unpaired) electrons. The number of rotatable bonds is 0. The molecule has 38 valence electrons. The molecule has 0 aliphatic heterocycles. The Morgan fingerprint density at radius 2 is 2.57 bits per heavy atom. The van der Waals surface area contributed by atoms with E-state index in [-0.39, 0.29) is 0 Å². The number of aromatic nitrogens is 1. The second kappa shape index (κ2) is 1.95. The van der Waals surface area contributed by atoms with E-state index in [2.05, 4.69) is 27.6 Å². The van der Waals surface area contributed by atoms with Gasteiger partial charge < -0.3 is 5.73 Å². The molecule has 0 saturated carbocycles. The van der Waals surface area contributed by atoms with Crippen molar-refractivity contribution in [2.45, 2.75) is 0 Å². The van der Waals surface area contributed by atoms with Crippen LogP contribution in [0.3, 0.4) is 0 Å². The smallest absolute Gasteiger partial charge is 0.156 e. The molecule has 2 nitrogen and oxygen atoms in total. The van der Waals surface area contributed by atoms with Crippen molar-refractivity contribution in [2.24, 2.45) is 0 Å². The van der Waals surface area contributed by atoms with Gasteiger partial charge in [-0.05, 0) is 22.6 Å². The molecule has 7 heavy (non-hydrogen) atoms. The van der Waals surface area contributed by atoms with Crippen molar-refractivity contribution in [3.05, 3.63) is 8.39 Å². The van der Waals surface area contributed by atoms with Crippen molar-refractivity contribution in [3.63, 3.8) is 0 Å². The highest BCUT2D eigenvalue weighted by Gasteiger charge is 1.88. The van der Waals surface area contributed by atoms with E-state index >= 15 is 0 Å². The molecule has 0 atom stereocenters. The van der Waals surface area contributed by atoms with Gasteiger partial charge in [0.1, 0.15) is 5.82 Å². The Balaban J connectivity index is 3.04. The molecule has 0 spiro atoms. The fourth-order valence-electron chi connectivity index (χ4n) is 0.263. The number of hydrogen-bond acceptors (Lipinski definition) is 3. The minimum absolute atomic E-state index is 0.620. The van der Waals surface area contributed by atoms with Crippen LogP contribution in [-0.4, -0.2) is 4.98 Å². The first kappa shape index (κ1) is 5.30. The molecule has 0 aliphatic carbocycles. The fraction of sp³-hybridized carbons (Fsp3) is 0. The third-order valence-electron chi connectivity index (χ3n) is 0.494. The van der Waals surface area contributed by atoms with E-state index in [1.807, 2.05) is 5.38 Å². The topological polar surface area (TPSA) is 38.9 Å². The van der Waals surface area contributed by atoms with Gasteiger partial charge in [0.05, 0.1) is 0 Å². The summed E-state index contributed by atoms with van der Waals surface area (Å²) in [6.07, 6.45) is 0. The lowest BCUT2D eigenvalue weighted by Gasteiger charge is -1.70. The second-order valence-corrected chi connectivity index (χ2v) is 3.64. The van der Waals surface area contributed by atoms with Crippen LogP contribution >= 0.6 is 33.9 Å². The van der Waals surface area contributed by atoms with E-state index in [9.17, 15) is 0 Å². The van der Waals surface area contributed by atoms with Crippen molar-refractivity contribution in [3.8, 4) is 0 Å². The molecular formula is C3H3IN2S. The zero-order valence-electron chi connectivity index (χ0n) is 3.39. The monoisotopic (exact) mass is 226 g/mol. The molecule has 0 saturated heterocycles. The van der Waals surface area contributed by atoms with Crippen LogP contribution in [0.25, 0.3) is 0 Å². The zero-order valence-corrected chi connectivity index (χ0v) is 6.36. The molecule has 1 aromatic rings. The highest BCUT2D eigenvalue weighted by Crippen LogP contribution is 2.11. The number of nitrogens with zero attached hydrogens (tertiary/aromatic N) is 1. The van der Waals surface area contributed by atoms with Crippen LogP contribution in [0.1, 0.15) is 0 Å². The van der Waals surface area contributed by atoms with Crippen LogP contribution in [0.4, 0.5) is 5.82 Å². The van der Waals surface area contributed by atoms with Gasteiger partial charge in [-0.3, -0.25) is 0 Å². The van der Waals surface area contributed by atoms with Crippen molar-refractivity contribution < 1.29 is 0 Å². The van der Waals surface area contributed by atoms with Gasteiger partial charge in [0.25, 0.3) is 0 Å². The standard InChI is InChI=1S/C3H3IN2S/c4-3-6-2(5)1-7-3/h1H,5H2. The molecule has 0 aromatic carbocycles. The minimum Gasteiger partial charge on any atom is -0.383 e. The molecule has 0 bridgehead atoms. The predicted molar refractivity (Wildman–Crippen MR) is 39.2 cm³/mol. The lowest BCUT2D eigenvalue weighted by molar-refractivity contribution is 1.38. The first-order chi connectivity index (χ1) is 3.29. The summed E-state index contributed by atoms with van der Waals surface area (Å²) in [7, 11) is 0. The lowest BCUT2D eigenvalue weighted by atomic mass is 10.9. The van der Waals surface area contributed by atoms with E-state index in [1.165, 1.54) is 0 Å². The third kappa shape index (κ3) is 1.27. The maximum absolute atomic E-state index is 5.27. The van der Waals surface area contributed by atoms with Gasteiger partial charge in [-0.1, -0.05) is 0 Å². The van der Waals surface area contributed by atoms with Gasteiger partial charge in [0, 0.05) is 5.38 Å². The second-order valence-electron chi connectivity index (χ2n) is 1.03. The summed E-state index contributed by atoms with van der Waals surface area (Å²) >= 11 is 3.68. The average Bonchev–Trinajstić information content (AvgIpc) is 1.87. The minimum atomic E-state index is 0.620. The number of thiazole rings is 1. The SMILES string of the molecule is Nc1csc(I)n1. The van der Waals surface area contributed by atoms with Gasteiger partial charge in [-0.2, -0.15) is 0 Å². The molecule has 1 rings (SSSR count). The summed E-state index contributed by atoms with van der Waals surface area (Å²) < 4.78 is 0.995. The molecule has 0 aliphatic rings. The Labute approximate surface area is 58.9 Å². The summed E-state index contributed by atoms with van der Waals surface area (Å²) in [6, 6.07) is 0. The van der Waals surface area contributed by atoms with Crippen LogP contribution in [0.2, 0.25) is 0 Å². The first-order valence-corrected chi connectivity index (χ1v) is 3.61. The number of hydrogen-bond donors (Lipinski definition) is 1. The average molecular weight is 226 g/mol. The van der Waals surface area contributed by atoms with Crippen molar-refractivity contribution in [1.82, 2.24) is 4.98 Å². The summed E-state index contributed by atoms with van der Waals surface area (Å²) in [4.78, 5) is 3.89. The van der Waals surface area contributed by atoms with Gasteiger partial charge in [-0.15, -0.1) is 11.3 Å². The van der Waals surface area contributed by atoms with E-state index in [0.717, 1.165) is 3.01 Å². The van der Waals surface area contributed by atoms with Crippen LogP contribution < -0.4 is 5.73 Å². The number of nitrogen functional groups attached to an aromatic ring is 1. The van der Waals surface area contributed by atoms with Gasteiger partial charge >= 0.3 is 0 Å². The Bertz CT molecular complexity index is 145. The maximum Gasteiger partial charge on any atom is 0.156 e. The predicted octanol–water partition coefficient (Wildman–Crippen LogP) is 1.33. The molecular weight excluding hydrogens is 223 g/mol. The highest BCUT2D eigenvalue weighted by atomic mass is 127. The largest absolute Gasteiger partial charge is 0.383 e. The highest BCUT2D eigenvalue weighted by molar-refractivity contribution is 14.1. The van der Waals surface area contributed by atoms with Crippen LogP contribution in [0.5, 0.6) is 0 Å². The number of anilines is 1. The quantitative estimate of drug-likeness (QED) is 0.677. The van der Waals surface area contributed by atoms with E-state index in [4.69, 9.17) is 5.73 Å². The summed E-state index contributed by atoms with van der Waals surface area (Å²) in [6.45, 7) is 0. The summed E-state index contributed by atoms with van der Waals surface area (Å²) in [5, 5.41) is 1.82. The van der Waals surface area contributed by atoms with Gasteiger partial charge in [-0.25, -0.2) is 4.98 Å². The van der Waals surface area contributed by atoms with E-state index in [0.29, 0.717) is 5.82 Å². The Kier molecular flexibility index (Phi) is 1.48. The fourth-order valence-corrected chi connectivity index (χ4v) is 1.35. The van der Waals surface area contributed by atoms with Crippen molar-refractivity contribution in [1.29, 1.82) is 0 Å². The third-order valence-corrected chi connectivity index (χ3v) is 2.14. The van der Waals surface area contributed by atoms with Crippen LogP contribution in [-0.2, 0) is 0 Å². The Morgan fingerprint density at radius 1 is 1.86 bits per heavy atom. The van der Waals surface area contributed by atoms with Crippen LogP contribution in [0, 0.1) is 3.01 Å². The van der Waals surface area contributed by atoms with Gasteiger partial charge in [0.2, 0.25) is 0 Å². The number of halogens is 1. The first-order valence-electron chi connectivity index (χ1n) is 1.65. The number of nitrogens with two attached hydrogens (primary N) is 1.